The van der Waals surface area contributed by atoms with Crippen LogP contribution in [0, 0.1) is 5.82 Å². The number of rotatable bonds is 5. The summed E-state index contributed by atoms with van der Waals surface area (Å²) in [6.07, 6.45) is 1.89. The lowest BCUT2D eigenvalue weighted by atomic mass is 9.76. The summed E-state index contributed by atoms with van der Waals surface area (Å²) in [5.41, 5.74) is 1.05. The first-order valence-corrected chi connectivity index (χ1v) is 6.33. The van der Waals surface area contributed by atoms with Gasteiger partial charge in [0, 0.05) is 6.04 Å². The normalized spacial score (nSPS) is 22.3. The van der Waals surface area contributed by atoms with Crippen molar-refractivity contribution in [1.29, 1.82) is 0 Å². The monoisotopic (exact) mass is 251 g/mol. The van der Waals surface area contributed by atoms with E-state index in [0.717, 1.165) is 18.4 Å². The number of esters is 1. The molecule has 18 heavy (non-hydrogen) atoms. The number of hydrogen-bond acceptors (Lipinski definition) is 3. The Labute approximate surface area is 106 Å². The molecule has 1 N–H and O–H groups in total. The molecule has 4 heteroatoms. The maximum Gasteiger partial charge on any atom is 0.319 e. The number of ether oxygens (including phenoxy) is 1. The van der Waals surface area contributed by atoms with Gasteiger partial charge in [-0.3, -0.25) is 4.79 Å². The Morgan fingerprint density at radius 1 is 1.50 bits per heavy atom. The molecule has 1 saturated carbocycles. The molecule has 0 heterocycles. The first-order valence-electron chi connectivity index (χ1n) is 6.33. The third-order valence-electron chi connectivity index (χ3n) is 3.30. The number of carbonyl (C=O) groups excluding carboxylic acids is 1. The van der Waals surface area contributed by atoms with Crippen molar-refractivity contribution in [3.05, 3.63) is 35.6 Å². The Kier molecular flexibility index (Phi) is 4.31. The van der Waals surface area contributed by atoms with Gasteiger partial charge < -0.3 is 10.1 Å². The summed E-state index contributed by atoms with van der Waals surface area (Å²) in [5.74, 6) is 0.00235. The summed E-state index contributed by atoms with van der Waals surface area (Å²) >= 11 is 0. The maximum atomic E-state index is 13.0. The molecule has 1 aromatic rings. The van der Waals surface area contributed by atoms with Gasteiger partial charge in [0.25, 0.3) is 0 Å². The molecular formula is C14H18FNO2. The van der Waals surface area contributed by atoms with Crippen LogP contribution in [-0.4, -0.2) is 25.2 Å². The minimum absolute atomic E-state index is 0.185. The molecule has 0 bridgehead atoms. The van der Waals surface area contributed by atoms with Gasteiger partial charge in [-0.2, -0.15) is 0 Å². The molecule has 2 rings (SSSR count). The van der Waals surface area contributed by atoms with E-state index in [1.807, 2.05) is 6.07 Å². The van der Waals surface area contributed by atoms with Crippen molar-refractivity contribution in [3.63, 3.8) is 0 Å². The minimum atomic E-state index is -0.216. The number of halogens is 1. The van der Waals surface area contributed by atoms with Crippen molar-refractivity contribution in [2.75, 3.05) is 13.2 Å². The number of carbonyl (C=O) groups is 1. The Balaban J connectivity index is 1.72. The van der Waals surface area contributed by atoms with Gasteiger partial charge >= 0.3 is 5.97 Å². The molecule has 0 unspecified atom stereocenters. The van der Waals surface area contributed by atoms with Crippen LogP contribution in [0.15, 0.2) is 24.3 Å². The lowest BCUT2D eigenvalue weighted by molar-refractivity contribution is -0.142. The van der Waals surface area contributed by atoms with E-state index in [1.165, 1.54) is 6.07 Å². The van der Waals surface area contributed by atoms with Gasteiger partial charge in [0.05, 0.1) is 13.2 Å². The van der Waals surface area contributed by atoms with Crippen LogP contribution in [-0.2, 0) is 9.53 Å². The van der Waals surface area contributed by atoms with Crippen LogP contribution in [0.25, 0.3) is 0 Å². The van der Waals surface area contributed by atoms with E-state index in [-0.39, 0.29) is 18.3 Å². The molecule has 0 amide bonds. The zero-order valence-electron chi connectivity index (χ0n) is 10.5. The van der Waals surface area contributed by atoms with Gasteiger partial charge in [0.1, 0.15) is 5.82 Å². The molecule has 0 spiro atoms. The van der Waals surface area contributed by atoms with Gasteiger partial charge in [0.2, 0.25) is 0 Å². The van der Waals surface area contributed by atoms with Crippen LogP contribution >= 0.6 is 0 Å². The van der Waals surface area contributed by atoms with E-state index in [0.29, 0.717) is 18.6 Å². The van der Waals surface area contributed by atoms with E-state index in [1.54, 1.807) is 19.1 Å². The lowest BCUT2D eigenvalue weighted by Crippen LogP contribution is -2.42. The highest BCUT2D eigenvalue weighted by molar-refractivity contribution is 5.71. The molecule has 1 aromatic carbocycles. The topological polar surface area (TPSA) is 38.3 Å². The van der Waals surface area contributed by atoms with E-state index >= 15 is 0 Å². The molecule has 1 aliphatic rings. The second kappa shape index (κ2) is 5.96. The Morgan fingerprint density at radius 3 is 2.94 bits per heavy atom. The number of nitrogens with one attached hydrogen (secondary N) is 1. The van der Waals surface area contributed by atoms with Gasteiger partial charge in [0.15, 0.2) is 0 Å². The molecule has 0 atom stereocenters. The Hall–Kier alpha value is -1.42. The van der Waals surface area contributed by atoms with Crippen LogP contribution in [0.5, 0.6) is 0 Å². The van der Waals surface area contributed by atoms with Crippen molar-refractivity contribution < 1.29 is 13.9 Å². The van der Waals surface area contributed by atoms with E-state index in [2.05, 4.69) is 5.32 Å². The fraction of sp³-hybridized carbons (Fsp3) is 0.500. The molecule has 0 saturated heterocycles. The Bertz CT molecular complexity index is 416. The van der Waals surface area contributed by atoms with Gasteiger partial charge in [-0.05, 0) is 43.4 Å². The summed E-state index contributed by atoms with van der Waals surface area (Å²) in [4.78, 5) is 11.1. The predicted octanol–water partition coefficient (Wildman–Crippen LogP) is 2.22. The van der Waals surface area contributed by atoms with Crippen LogP contribution in [0.3, 0.4) is 0 Å². The maximum absolute atomic E-state index is 13.0. The van der Waals surface area contributed by atoms with Gasteiger partial charge in [-0.25, -0.2) is 4.39 Å². The predicted molar refractivity (Wildman–Crippen MR) is 66.8 cm³/mol. The highest BCUT2D eigenvalue weighted by Crippen LogP contribution is 2.36. The molecule has 98 valence electrons. The molecule has 3 nitrogen and oxygen atoms in total. The summed E-state index contributed by atoms with van der Waals surface area (Å²) in [6, 6.07) is 7.08. The largest absolute Gasteiger partial charge is 0.465 e. The van der Waals surface area contributed by atoms with Crippen LogP contribution < -0.4 is 5.32 Å². The number of benzene rings is 1. The lowest BCUT2D eigenvalue weighted by Gasteiger charge is -2.36. The zero-order chi connectivity index (χ0) is 13.0. The van der Waals surface area contributed by atoms with Crippen molar-refractivity contribution in [2.45, 2.75) is 31.7 Å². The SMILES string of the molecule is CCOC(=O)CNC1CC(c2cccc(F)c2)C1. The zero-order valence-corrected chi connectivity index (χ0v) is 10.5. The molecule has 0 radical (unpaired) electrons. The first kappa shape index (κ1) is 13.0. The minimum Gasteiger partial charge on any atom is -0.465 e. The van der Waals surface area contributed by atoms with Crippen LogP contribution in [0.2, 0.25) is 0 Å². The molecule has 1 fully saturated rings. The summed E-state index contributed by atoms with van der Waals surface area (Å²) in [5, 5.41) is 3.15. The quantitative estimate of drug-likeness (QED) is 0.815. The van der Waals surface area contributed by atoms with E-state index < -0.39 is 0 Å². The van der Waals surface area contributed by atoms with Crippen LogP contribution in [0.1, 0.15) is 31.2 Å². The van der Waals surface area contributed by atoms with Crippen molar-refractivity contribution in [2.24, 2.45) is 0 Å². The molecule has 1 aliphatic carbocycles. The second-order valence-corrected chi connectivity index (χ2v) is 4.61. The number of hydrogen-bond donors (Lipinski definition) is 1. The van der Waals surface area contributed by atoms with Crippen LogP contribution in [0.4, 0.5) is 4.39 Å². The smallest absolute Gasteiger partial charge is 0.319 e. The summed E-state index contributed by atoms with van der Waals surface area (Å²) < 4.78 is 17.9. The fourth-order valence-electron chi connectivity index (χ4n) is 2.26. The molecular weight excluding hydrogens is 233 g/mol. The van der Waals surface area contributed by atoms with Crippen molar-refractivity contribution in [1.82, 2.24) is 5.32 Å². The summed E-state index contributed by atoms with van der Waals surface area (Å²) in [6.45, 7) is 2.46. The molecule has 0 aromatic heterocycles. The van der Waals surface area contributed by atoms with E-state index in [4.69, 9.17) is 4.74 Å². The highest BCUT2D eigenvalue weighted by Gasteiger charge is 2.30. The standard InChI is InChI=1S/C14H18FNO2/c1-2-18-14(17)9-16-13-7-11(8-13)10-4-3-5-12(15)6-10/h3-6,11,13,16H,2,7-9H2,1H3. The second-order valence-electron chi connectivity index (χ2n) is 4.61. The Morgan fingerprint density at radius 2 is 2.28 bits per heavy atom. The van der Waals surface area contributed by atoms with Crippen molar-refractivity contribution in [3.8, 4) is 0 Å². The third-order valence-corrected chi connectivity index (χ3v) is 3.30. The molecule has 0 aliphatic heterocycles. The highest BCUT2D eigenvalue weighted by atomic mass is 19.1. The fourth-order valence-corrected chi connectivity index (χ4v) is 2.26. The summed E-state index contributed by atoms with van der Waals surface area (Å²) in [7, 11) is 0. The average Bonchev–Trinajstić information content (AvgIpc) is 2.27. The van der Waals surface area contributed by atoms with E-state index in [9.17, 15) is 9.18 Å². The third kappa shape index (κ3) is 3.29. The van der Waals surface area contributed by atoms with Gasteiger partial charge in [-0.15, -0.1) is 0 Å². The first-order chi connectivity index (χ1) is 8.69. The van der Waals surface area contributed by atoms with Crippen molar-refractivity contribution >= 4 is 5.97 Å². The van der Waals surface area contributed by atoms with Gasteiger partial charge in [-0.1, -0.05) is 12.1 Å². The average molecular weight is 251 g/mol.